The first-order valence-electron chi connectivity index (χ1n) is 9.79. The minimum Gasteiger partial charge on any atom is -0.491 e. The van der Waals surface area contributed by atoms with Crippen LogP contribution in [0.4, 0.5) is 0 Å². The number of rotatable bonds is 3. The summed E-state index contributed by atoms with van der Waals surface area (Å²) in [7, 11) is 1.44. The maximum atomic E-state index is 13.1. The van der Waals surface area contributed by atoms with Gasteiger partial charge in [-0.25, -0.2) is 4.79 Å². The Labute approximate surface area is 169 Å². The molecule has 0 amide bonds. The lowest BCUT2D eigenvalue weighted by Crippen LogP contribution is -2.33. The number of hydrogen-bond acceptors (Lipinski definition) is 5. The van der Waals surface area contributed by atoms with E-state index in [1.54, 1.807) is 13.1 Å². The quantitative estimate of drug-likeness (QED) is 0.607. The third-order valence-corrected chi connectivity index (χ3v) is 5.54. The van der Waals surface area contributed by atoms with E-state index >= 15 is 0 Å². The van der Waals surface area contributed by atoms with Gasteiger partial charge in [-0.05, 0) is 24.8 Å². The number of esters is 1. The van der Waals surface area contributed by atoms with E-state index in [0.29, 0.717) is 11.5 Å². The molecule has 0 bridgehead atoms. The zero-order valence-electron chi connectivity index (χ0n) is 17.4. The van der Waals surface area contributed by atoms with E-state index in [1.807, 2.05) is 28.8 Å². The van der Waals surface area contributed by atoms with E-state index in [-0.39, 0.29) is 29.4 Å². The van der Waals surface area contributed by atoms with E-state index in [0.717, 1.165) is 23.0 Å². The van der Waals surface area contributed by atoms with Gasteiger partial charge in [-0.2, -0.15) is 0 Å². The van der Waals surface area contributed by atoms with E-state index in [4.69, 9.17) is 13.9 Å². The van der Waals surface area contributed by atoms with E-state index in [2.05, 4.69) is 20.8 Å². The third-order valence-electron chi connectivity index (χ3n) is 5.54. The van der Waals surface area contributed by atoms with Crippen LogP contribution >= 0.6 is 0 Å². The van der Waals surface area contributed by atoms with Gasteiger partial charge >= 0.3 is 5.97 Å². The molecule has 0 N–H and O–H groups in total. The molecule has 0 radical (unpaired) electrons. The second-order valence-electron chi connectivity index (χ2n) is 8.37. The molecule has 152 valence electrons. The number of aromatic nitrogens is 1. The molecule has 1 aromatic carbocycles. The van der Waals surface area contributed by atoms with Crippen molar-refractivity contribution < 1.29 is 18.7 Å². The summed E-state index contributed by atoms with van der Waals surface area (Å²) >= 11 is 0. The van der Waals surface area contributed by atoms with Gasteiger partial charge in [0, 0.05) is 23.2 Å². The van der Waals surface area contributed by atoms with Crippen LogP contribution in [0, 0.1) is 5.41 Å². The highest BCUT2D eigenvalue weighted by molar-refractivity contribution is 5.92. The zero-order valence-corrected chi connectivity index (χ0v) is 17.4. The number of hydrogen-bond donors (Lipinski definition) is 0. The molecule has 29 heavy (non-hydrogen) atoms. The third kappa shape index (κ3) is 2.94. The van der Waals surface area contributed by atoms with Gasteiger partial charge in [-0.15, -0.1) is 0 Å². The normalized spacial score (nSPS) is 15.7. The average Bonchev–Trinajstić information content (AvgIpc) is 3.05. The van der Waals surface area contributed by atoms with Gasteiger partial charge in [0.25, 0.3) is 0 Å². The number of methoxy groups -OCH3 is 1. The number of para-hydroxylation sites is 1. The van der Waals surface area contributed by atoms with Gasteiger partial charge in [0.2, 0.25) is 5.43 Å². The van der Waals surface area contributed by atoms with Gasteiger partial charge in [-0.3, -0.25) is 4.79 Å². The topological polar surface area (TPSA) is 70.7 Å². The molecule has 1 aliphatic rings. The predicted molar refractivity (Wildman–Crippen MR) is 111 cm³/mol. The van der Waals surface area contributed by atoms with Crippen molar-refractivity contribution in [3.8, 4) is 17.2 Å². The van der Waals surface area contributed by atoms with Crippen LogP contribution in [0.15, 0.2) is 39.7 Å². The van der Waals surface area contributed by atoms with Crippen molar-refractivity contribution in [3.63, 3.8) is 0 Å². The first-order chi connectivity index (χ1) is 13.8. The number of benzene rings is 1. The molecule has 0 saturated heterocycles. The summed E-state index contributed by atoms with van der Waals surface area (Å²) in [5.74, 6) is 0.0787. The van der Waals surface area contributed by atoms with Crippen LogP contribution in [-0.2, 0) is 11.2 Å². The van der Waals surface area contributed by atoms with Crippen LogP contribution in [0.5, 0.6) is 5.75 Å². The minimum atomic E-state index is -0.644. The highest BCUT2D eigenvalue weighted by atomic mass is 16.5. The Morgan fingerprint density at radius 1 is 1.28 bits per heavy atom. The first kappa shape index (κ1) is 19.3. The summed E-state index contributed by atoms with van der Waals surface area (Å²) in [4.78, 5) is 25.5. The van der Waals surface area contributed by atoms with Gasteiger partial charge < -0.3 is 18.5 Å². The molecule has 2 aromatic heterocycles. The molecule has 0 fully saturated rings. The Balaban J connectivity index is 2.09. The largest absolute Gasteiger partial charge is 0.491 e. The van der Waals surface area contributed by atoms with Gasteiger partial charge in [0.15, 0.2) is 11.5 Å². The summed E-state index contributed by atoms with van der Waals surface area (Å²) in [5, 5.41) is 1.03. The first-order valence-corrected chi connectivity index (χ1v) is 9.79. The van der Waals surface area contributed by atoms with Crippen LogP contribution < -0.4 is 10.2 Å². The predicted octanol–water partition coefficient (Wildman–Crippen LogP) is 4.59. The Kier molecular flexibility index (Phi) is 4.52. The lowest BCUT2D eigenvalue weighted by Gasteiger charge is -2.38. The minimum absolute atomic E-state index is 0.00585. The lowest BCUT2D eigenvalue weighted by atomic mass is 9.79. The highest BCUT2D eigenvalue weighted by Gasteiger charge is 2.38. The molecule has 6 heteroatoms. The second-order valence-corrected chi connectivity index (χ2v) is 8.37. The standard InChI is InChI=1S/C23H25NO5/c1-6-28-22(26)15-12-24-17(23(2,3)4)11-14-13-9-7-8-10-16(13)29-20(14)18(24)21(27-5)19(15)25/h7-10,12,17H,6,11H2,1-5H3/t17-/m0/s1. The number of carbonyl (C=O) groups is 1. The van der Waals surface area contributed by atoms with Gasteiger partial charge in [-0.1, -0.05) is 39.0 Å². The van der Waals surface area contributed by atoms with Crippen molar-refractivity contribution in [2.24, 2.45) is 5.41 Å². The number of fused-ring (bicyclic) bond motifs is 5. The number of furan rings is 1. The molecule has 0 spiro atoms. The van der Waals surface area contributed by atoms with Crippen LogP contribution in [0.25, 0.3) is 22.4 Å². The molecular weight excluding hydrogens is 370 g/mol. The number of carbonyl (C=O) groups excluding carboxylic acids is 1. The van der Waals surface area contributed by atoms with Crippen LogP contribution in [-0.4, -0.2) is 24.3 Å². The molecule has 6 nitrogen and oxygen atoms in total. The van der Waals surface area contributed by atoms with E-state index < -0.39 is 11.4 Å². The van der Waals surface area contributed by atoms with Gasteiger partial charge in [0.05, 0.1) is 13.7 Å². The molecule has 0 aliphatic carbocycles. The zero-order chi connectivity index (χ0) is 20.9. The van der Waals surface area contributed by atoms with Crippen LogP contribution in [0.1, 0.15) is 49.7 Å². The van der Waals surface area contributed by atoms with Crippen molar-refractivity contribution in [2.45, 2.75) is 40.2 Å². The van der Waals surface area contributed by atoms with Gasteiger partial charge in [0.1, 0.15) is 16.8 Å². The van der Waals surface area contributed by atoms with E-state index in [9.17, 15) is 9.59 Å². The second kappa shape index (κ2) is 6.79. The summed E-state index contributed by atoms with van der Waals surface area (Å²) in [6.45, 7) is 8.33. The SMILES string of the molecule is CCOC(=O)c1cn2c(c(OC)c1=O)-c1oc3ccccc3c1C[C@H]2C(C)(C)C. The molecule has 0 unspecified atom stereocenters. The molecule has 1 aliphatic heterocycles. The number of nitrogens with zero attached hydrogens (tertiary/aromatic N) is 1. The molecule has 4 rings (SSSR count). The van der Waals surface area contributed by atoms with Crippen molar-refractivity contribution in [1.82, 2.24) is 4.57 Å². The average molecular weight is 395 g/mol. The fourth-order valence-corrected chi connectivity index (χ4v) is 4.13. The molecule has 3 heterocycles. The Hall–Kier alpha value is -3.02. The Morgan fingerprint density at radius 2 is 2.00 bits per heavy atom. The Morgan fingerprint density at radius 3 is 2.66 bits per heavy atom. The maximum absolute atomic E-state index is 13.1. The molecule has 1 atom stereocenters. The maximum Gasteiger partial charge on any atom is 0.343 e. The summed E-state index contributed by atoms with van der Waals surface area (Å²) in [6.07, 6.45) is 2.32. The summed E-state index contributed by atoms with van der Waals surface area (Å²) in [6, 6.07) is 7.85. The van der Waals surface area contributed by atoms with Crippen molar-refractivity contribution in [2.75, 3.05) is 13.7 Å². The van der Waals surface area contributed by atoms with Crippen LogP contribution in [0.3, 0.4) is 0 Å². The summed E-state index contributed by atoms with van der Waals surface area (Å²) < 4.78 is 18.8. The monoisotopic (exact) mass is 395 g/mol. The van der Waals surface area contributed by atoms with Crippen LogP contribution in [0.2, 0.25) is 0 Å². The number of pyridine rings is 1. The number of ether oxygens (including phenoxy) is 2. The molecule has 3 aromatic rings. The fraction of sp³-hybridized carbons (Fsp3) is 0.391. The Bertz CT molecular complexity index is 1160. The highest BCUT2D eigenvalue weighted by Crippen LogP contribution is 2.48. The van der Waals surface area contributed by atoms with E-state index in [1.165, 1.54) is 7.11 Å². The fourth-order valence-electron chi connectivity index (χ4n) is 4.13. The lowest BCUT2D eigenvalue weighted by molar-refractivity contribution is 0.0522. The van der Waals surface area contributed by atoms with Crippen molar-refractivity contribution in [1.29, 1.82) is 0 Å². The molecular formula is C23H25NO5. The van der Waals surface area contributed by atoms with Crippen molar-refractivity contribution in [3.05, 3.63) is 51.8 Å². The summed E-state index contributed by atoms with van der Waals surface area (Å²) in [5.41, 5.74) is 1.74. The molecule has 0 saturated carbocycles. The smallest absolute Gasteiger partial charge is 0.343 e. The van der Waals surface area contributed by atoms with Crippen molar-refractivity contribution >= 4 is 16.9 Å².